The van der Waals surface area contributed by atoms with Crippen molar-refractivity contribution in [3.63, 3.8) is 0 Å². The number of aromatic nitrogens is 2. The molecule has 0 spiro atoms. The van der Waals surface area contributed by atoms with Gasteiger partial charge in [0.1, 0.15) is 5.84 Å². The minimum atomic E-state index is 0.600. The summed E-state index contributed by atoms with van der Waals surface area (Å²) in [5, 5.41) is 10.1. The van der Waals surface area contributed by atoms with Gasteiger partial charge in [-0.1, -0.05) is 12.1 Å². The van der Waals surface area contributed by atoms with E-state index in [2.05, 4.69) is 52.3 Å². The van der Waals surface area contributed by atoms with Crippen molar-refractivity contribution >= 4 is 28.0 Å². The van der Waals surface area contributed by atoms with E-state index in [1.165, 1.54) is 16.6 Å². The number of hydrogen-bond donors (Lipinski definition) is 1. The molecule has 2 aromatic carbocycles. The lowest BCUT2D eigenvalue weighted by Gasteiger charge is -2.22. The molecule has 23 heavy (non-hydrogen) atoms. The Labute approximate surface area is 134 Å². The Morgan fingerprint density at radius 3 is 2.70 bits per heavy atom. The quantitative estimate of drug-likeness (QED) is 0.808. The number of aliphatic imine (C=N–C) groups is 1. The van der Waals surface area contributed by atoms with E-state index in [4.69, 9.17) is 5.73 Å². The van der Waals surface area contributed by atoms with Crippen LogP contribution in [0.4, 0.5) is 11.4 Å². The highest BCUT2D eigenvalue weighted by Gasteiger charge is 2.20. The molecular weight excluding hydrogens is 286 g/mol. The molecule has 3 aromatic rings. The molecule has 0 radical (unpaired) electrons. The van der Waals surface area contributed by atoms with Crippen molar-refractivity contribution in [3.8, 4) is 0 Å². The minimum Gasteiger partial charge on any atom is -0.383 e. The molecule has 0 aliphatic carbocycles. The Kier molecular flexibility index (Phi) is 3.01. The van der Waals surface area contributed by atoms with Gasteiger partial charge < -0.3 is 10.6 Å². The number of nitrogens with zero attached hydrogens (tertiary/aromatic N) is 4. The molecule has 1 aliphatic rings. The van der Waals surface area contributed by atoms with Crippen LogP contribution < -0.4 is 10.6 Å². The average molecular weight is 303 g/mol. The molecule has 0 bridgehead atoms. The molecule has 0 fully saturated rings. The molecule has 1 aliphatic heterocycles. The highest BCUT2D eigenvalue weighted by atomic mass is 15.1. The molecule has 2 heterocycles. The van der Waals surface area contributed by atoms with Crippen LogP contribution in [0.25, 0.3) is 10.8 Å². The second-order valence-corrected chi connectivity index (χ2v) is 5.89. The van der Waals surface area contributed by atoms with Crippen LogP contribution in [0, 0.1) is 6.92 Å². The largest absolute Gasteiger partial charge is 0.383 e. The van der Waals surface area contributed by atoms with Crippen molar-refractivity contribution in [1.82, 2.24) is 10.2 Å². The van der Waals surface area contributed by atoms with E-state index in [0.717, 1.165) is 28.7 Å². The lowest BCUT2D eigenvalue weighted by molar-refractivity contribution is 0.897. The van der Waals surface area contributed by atoms with E-state index < -0.39 is 0 Å². The fraction of sp³-hybridized carbons (Fsp3) is 0.167. The Morgan fingerprint density at radius 2 is 1.91 bits per heavy atom. The van der Waals surface area contributed by atoms with Crippen LogP contribution in [0.2, 0.25) is 0 Å². The van der Waals surface area contributed by atoms with Crippen LogP contribution in [-0.2, 0) is 6.54 Å². The molecule has 1 aromatic heterocycles. The first-order valence-corrected chi connectivity index (χ1v) is 7.52. The van der Waals surface area contributed by atoms with E-state index in [0.29, 0.717) is 5.84 Å². The van der Waals surface area contributed by atoms with E-state index >= 15 is 0 Å². The third-order valence-electron chi connectivity index (χ3n) is 4.32. The summed E-state index contributed by atoms with van der Waals surface area (Å²) in [5.74, 6) is 0.600. The topological polar surface area (TPSA) is 67.4 Å². The fourth-order valence-corrected chi connectivity index (χ4v) is 3.21. The number of nitrogens with two attached hydrogens (primary N) is 1. The van der Waals surface area contributed by atoms with Gasteiger partial charge in [-0.05, 0) is 36.2 Å². The first kappa shape index (κ1) is 13.7. The van der Waals surface area contributed by atoms with Gasteiger partial charge in [-0.15, -0.1) is 0 Å². The van der Waals surface area contributed by atoms with Crippen molar-refractivity contribution in [2.75, 3.05) is 11.9 Å². The fourth-order valence-electron chi connectivity index (χ4n) is 3.21. The first-order valence-electron chi connectivity index (χ1n) is 7.52. The Balaban J connectivity index is 1.85. The summed E-state index contributed by atoms with van der Waals surface area (Å²) in [5.41, 5.74) is 11.6. The summed E-state index contributed by atoms with van der Waals surface area (Å²) in [6.07, 6.45) is 3.51. The SMILES string of the molecule is Cc1ccc2c3c(ccc(N(C)Cc4ccnnc4)c13)N=C2N. The van der Waals surface area contributed by atoms with Crippen molar-refractivity contribution in [2.24, 2.45) is 10.7 Å². The Hall–Kier alpha value is -2.95. The minimum absolute atomic E-state index is 0.600. The maximum absolute atomic E-state index is 6.06. The second kappa shape index (κ2) is 5.05. The van der Waals surface area contributed by atoms with Gasteiger partial charge in [-0.2, -0.15) is 10.2 Å². The highest BCUT2D eigenvalue weighted by molar-refractivity contribution is 6.21. The predicted molar refractivity (Wildman–Crippen MR) is 93.2 cm³/mol. The number of rotatable bonds is 3. The number of hydrogen-bond acceptors (Lipinski definition) is 5. The normalized spacial score (nSPS) is 12.5. The van der Waals surface area contributed by atoms with Gasteiger partial charge in [-0.25, -0.2) is 4.99 Å². The number of anilines is 1. The second-order valence-electron chi connectivity index (χ2n) is 5.89. The third-order valence-corrected chi connectivity index (χ3v) is 4.32. The van der Waals surface area contributed by atoms with Crippen molar-refractivity contribution in [3.05, 3.63) is 59.4 Å². The highest BCUT2D eigenvalue weighted by Crippen LogP contribution is 2.41. The lowest BCUT2D eigenvalue weighted by atomic mass is 9.98. The van der Waals surface area contributed by atoms with Crippen LogP contribution in [0.5, 0.6) is 0 Å². The molecule has 0 saturated carbocycles. The van der Waals surface area contributed by atoms with Gasteiger partial charge in [0.2, 0.25) is 0 Å². The van der Waals surface area contributed by atoms with Gasteiger partial charge in [0.25, 0.3) is 0 Å². The lowest BCUT2D eigenvalue weighted by Crippen LogP contribution is -2.17. The first-order chi connectivity index (χ1) is 11.1. The summed E-state index contributed by atoms with van der Waals surface area (Å²) in [4.78, 5) is 6.70. The third kappa shape index (κ3) is 2.12. The van der Waals surface area contributed by atoms with Gasteiger partial charge in [0.15, 0.2) is 0 Å². The Bertz CT molecular complexity index is 931. The van der Waals surface area contributed by atoms with Gasteiger partial charge in [-0.3, -0.25) is 0 Å². The van der Waals surface area contributed by atoms with Crippen LogP contribution in [0.1, 0.15) is 16.7 Å². The number of benzene rings is 2. The maximum Gasteiger partial charge on any atom is 0.132 e. The zero-order valence-electron chi connectivity index (χ0n) is 13.1. The molecule has 4 rings (SSSR count). The van der Waals surface area contributed by atoms with Gasteiger partial charge in [0.05, 0.1) is 11.9 Å². The Morgan fingerprint density at radius 1 is 1.04 bits per heavy atom. The van der Waals surface area contributed by atoms with Crippen LogP contribution in [0.3, 0.4) is 0 Å². The summed E-state index contributed by atoms with van der Waals surface area (Å²) >= 11 is 0. The van der Waals surface area contributed by atoms with E-state index in [1.807, 2.05) is 12.1 Å². The van der Waals surface area contributed by atoms with Crippen LogP contribution in [-0.4, -0.2) is 23.1 Å². The zero-order valence-corrected chi connectivity index (χ0v) is 13.1. The van der Waals surface area contributed by atoms with Crippen molar-refractivity contribution in [1.29, 1.82) is 0 Å². The van der Waals surface area contributed by atoms with Gasteiger partial charge in [0, 0.05) is 41.8 Å². The van der Waals surface area contributed by atoms with E-state index in [1.54, 1.807) is 12.4 Å². The molecule has 0 saturated heterocycles. The van der Waals surface area contributed by atoms with E-state index in [9.17, 15) is 0 Å². The van der Waals surface area contributed by atoms with Crippen LogP contribution in [0.15, 0.2) is 47.7 Å². The standard InChI is InChI=1S/C18H17N5/c1-11-3-4-13-17-14(22-18(13)19)5-6-15(16(11)17)23(2)10-12-7-8-20-21-9-12/h3-9H,10H2,1-2H3,(H2,19,22). The average Bonchev–Trinajstić information content (AvgIpc) is 2.88. The molecule has 0 atom stereocenters. The molecule has 2 N–H and O–H groups in total. The maximum atomic E-state index is 6.06. The van der Waals surface area contributed by atoms with E-state index in [-0.39, 0.29) is 0 Å². The van der Waals surface area contributed by atoms with Crippen molar-refractivity contribution in [2.45, 2.75) is 13.5 Å². The zero-order chi connectivity index (χ0) is 16.0. The number of amidine groups is 1. The van der Waals surface area contributed by atoms with Crippen LogP contribution >= 0.6 is 0 Å². The van der Waals surface area contributed by atoms with Crippen molar-refractivity contribution < 1.29 is 0 Å². The summed E-state index contributed by atoms with van der Waals surface area (Å²) < 4.78 is 0. The number of aryl methyl sites for hydroxylation is 1. The van der Waals surface area contributed by atoms with Gasteiger partial charge >= 0.3 is 0 Å². The summed E-state index contributed by atoms with van der Waals surface area (Å²) in [7, 11) is 2.09. The molecule has 114 valence electrons. The molecule has 5 nitrogen and oxygen atoms in total. The monoisotopic (exact) mass is 303 g/mol. The smallest absolute Gasteiger partial charge is 0.132 e. The summed E-state index contributed by atoms with van der Waals surface area (Å²) in [6, 6.07) is 10.3. The molecule has 0 unspecified atom stereocenters. The molecule has 0 amide bonds. The summed E-state index contributed by atoms with van der Waals surface area (Å²) in [6.45, 7) is 2.90. The molecular formula is C18H17N5. The molecule has 5 heteroatoms. The predicted octanol–water partition coefficient (Wildman–Crippen LogP) is 2.93.